The predicted molar refractivity (Wildman–Crippen MR) is 78.6 cm³/mol. The lowest BCUT2D eigenvalue weighted by molar-refractivity contribution is 0.408. The van der Waals surface area contributed by atoms with Crippen molar-refractivity contribution in [3.8, 4) is 5.75 Å². The third-order valence-electron chi connectivity index (χ3n) is 2.84. The molecule has 0 aromatic heterocycles. The van der Waals surface area contributed by atoms with Crippen molar-refractivity contribution in [1.82, 2.24) is 5.43 Å². The highest BCUT2D eigenvalue weighted by molar-refractivity contribution is 5.79. The maximum absolute atomic E-state index is 5.28. The molecule has 98 valence electrons. The molecule has 0 unspecified atom stereocenters. The van der Waals surface area contributed by atoms with Gasteiger partial charge in [-0.25, -0.2) is 0 Å². The van der Waals surface area contributed by atoms with E-state index in [0.29, 0.717) is 6.54 Å². The van der Waals surface area contributed by atoms with Crippen molar-refractivity contribution in [1.29, 1.82) is 0 Å². The van der Waals surface area contributed by atoms with Gasteiger partial charge in [-0.3, -0.25) is 0 Å². The number of rotatable bonds is 5. The SMILES string of the molecule is COc1ccccc1CN/N=C/c1ccc(C)cc1. The molecule has 0 aliphatic heterocycles. The summed E-state index contributed by atoms with van der Waals surface area (Å²) in [5.74, 6) is 0.875. The highest BCUT2D eigenvalue weighted by Gasteiger charge is 1.99. The van der Waals surface area contributed by atoms with E-state index in [1.54, 1.807) is 7.11 Å². The Kier molecular flexibility index (Phi) is 4.56. The molecule has 0 spiro atoms. The molecular weight excluding hydrogens is 236 g/mol. The molecule has 2 rings (SSSR count). The van der Waals surface area contributed by atoms with E-state index >= 15 is 0 Å². The number of aryl methyl sites for hydroxylation is 1. The lowest BCUT2D eigenvalue weighted by Gasteiger charge is -2.07. The standard InChI is InChI=1S/C16H18N2O/c1-13-7-9-14(10-8-13)11-17-18-12-15-5-3-4-6-16(15)19-2/h3-11,18H,12H2,1-2H3/b17-11+. The molecule has 0 bridgehead atoms. The fraction of sp³-hybridized carbons (Fsp3) is 0.188. The van der Waals surface area contributed by atoms with Crippen molar-refractivity contribution >= 4 is 6.21 Å². The summed E-state index contributed by atoms with van der Waals surface area (Å²) in [6, 6.07) is 16.1. The van der Waals surface area contributed by atoms with Crippen LogP contribution in [0.3, 0.4) is 0 Å². The average Bonchev–Trinajstić information content (AvgIpc) is 2.46. The first-order valence-electron chi connectivity index (χ1n) is 6.24. The van der Waals surface area contributed by atoms with Crippen LogP contribution in [0.4, 0.5) is 0 Å². The molecule has 0 amide bonds. The van der Waals surface area contributed by atoms with Crippen molar-refractivity contribution in [3.05, 3.63) is 65.2 Å². The second kappa shape index (κ2) is 6.59. The molecule has 3 heteroatoms. The smallest absolute Gasteiger partial charge is 0.123 e. The van der Waals surface area contributed by atoms with E-state index in [4.69, 9.17) is 4.74 Å². The van der Waals surface area contributed by atoms with E-state index in [0.717, 1.165) is 16.9 Å². The molecule has 0 aliphatic carbocycles. The van der Waals surface area contributed by atoms with Gasteiger partial charge in [0, 0.05) is 5.56 Å². The van der Waals surface area contributed by atoms with Gasteiger partial charge in [-0.15, -0.1) is 0 Å². The normalized spacial score (nSPS) is 10.6. The van der Waals surface area contributed by atoms with Crippen LogP contribution >= 0.6 is 0 Å². The molecule has 0 aliphatic rings. The van der Waals surface area contributed by atoms with Crippen molar-refractivity contribution in [3.63, 3.8) is 0 Å². The van der Waals surface area contributed by atoms with Crippen LogP contribution in [0, 0.1) is 6.92 Å². The van der Waals surface area contributed by atoms with Gasteiger partial charge in [0.05, 0.1) is 19.9 Å². The second-order valence-electron chi connectivity index (χ2n) is 4.32. The second-order valence-corrected chi connectivity index (χ2v) is 4.32. The van der Waals surface area contributed by atoms with E-state index in [2.05, 4.69) is 29.6 Å². The minimum Gasteiger partial charge on any atom is -0.496 e. The lowest BCUT2D eigenvalue weighted by Crippen LogP contribution is -2.06. The number of benzene rings is 2. The Bertz CT molecular complexity index is 547. The zero-order chi connectivity index (χ0) is 13.5. The van der Waals surface area contributed by atoms with E-state index in [9.17, 15) is 0 Å². The third kappa shape index (κ3) is 3.85. The predicted octanol–water partition coefficient (Wildman–Crippen LogP) is 3.13. The van der Waals surface area contributed by atoms with Crippen LogP contribution < -0.4 is 10.2 Å². The summed E-state index contributed by atoms with van der Waals surface area (Å²) >= 11 is 0. The summed E-state index contributed by atoms with van der Waals surface area (Å²) in [5, 5.41) is 4.21. The number of ether oxygens (including phenoxy) is 1. The zero-order valence-corrected chi connectivity index (χ0v) is 11.3. The van der Waals surface area contributed by atoms with Crippen LogP contribution in [0.25, 0.3) is 0 Å². The summed E-state index contributed by atoms with van der Waals surface area (Å²) in [7, 11) is 1.68. The first-order chi connectivity index (χ1) is 9.29. The Morgan fingerprint density at radius 2 is 1.84 bits per heavy atom. The highest BCUT2D eigenvalue weighted by atomic mass is 16.5. The quantitative estimate of drug-likeness (QED) is 0.657. The van der Waals surface area contributed by atoms with Crippen LogP contribution in [-0.4, -0.2) is 13.3 Å². The average molecular weight is 254 g/mol. The first kappa shape index (κ1) is 13.1. The Morgan fingerprint density at radius 3 is 2.58 bits per heavy atom. The number of hydrogen-bond donors (Lipinski definition) is 1. The molecular formula is C16H18N2O. The molecule has 2 aromatic carbocycles. The summed E-state index contributed by atoms with van der Waals surface area (Å²) in [5.41, 5.74) is 6.45. The van der Waals surface area contributed by atoms with Gasteiger partial charge in [0.15, 0.2) is 0 Å². The summed E-state index contributed by atoms with van der Waals surface area (Å²) in [4.78, 5) is 0. The van der Waals surface area contributed by atoms with Gasteiger partial charge in [0.2, 0.25) is 0 Å². The van der Waals surface area contributed by atoms with Gasteiger partial charge in [0.25, 0.3) is 0 Å². The molecule has 19 heavy (non-hydrogen) atoms. The zero-order valence-electron chi connectivity index (χ0n) is 11.3. The molecule has 0 atom stereocenters. The van der Waals surface area contributed by atoms with Gasteiger partial charge < -0.3 is 10.2 Å². The Balaban J connectivity index is 1.91. The van der Waals surface area contributed by atoms with Crippen molar-refractivity contribution < 1.29 is 4.74 Å². The van der Waals surface area contributed by atoms with Crippen LogP contribution in [0.5, 0.6) is 5.75 Å². The topological polar surface area (TPSA) is 33.6 Å². The van der Waals surface area contributed by atoms with E-state index < -0.39 is 0 Å². The first-order valence-corrected chi connectivity index (χ1v) is 6.24. The fourth-order valence-corrected chi connectivity index (χ4v) is 1.75. The molecule has 0 fully saturated rings. The largest absolute Gasteiger partial charge is 0.496 e. The van der Waals surface area contributed by atoms with E-state index in [1.165, 1.54) is 5.56 Å². The van der Waals surface area contributed by atoms with Crippen LogP contribution in [0.15, 0.2) is 53.6 Å². The molecule has 0 saturated carbocycles. The summed E-state index contributed by atoms with van der Waals surface area (Å²) < 4.78 is 5.28. The monoisotopic (exact) mass is 254 g/mol. The molecule has 0 saturated heterocycles. The number of nitrogens with one attached hydrogen (secondary N) is 1. The van der Waals surface area contributed by atoms with Crippen molar-refractivity contribution in [2.75, 3.05) is 7.11 Å². The number of hydrazone groups is 1. The highest BCUT2D eigenvalue weighted by Crippen LogP contribution is 2.16. The minimum absolute atomic E-state index is 0.645. The Labute approximate surface area is 113 Å². The molecule has 0 radical (unpaired) electrons. The van der Waals surface area contributed by atoms with Crippen LogP contribution in [0.1, 0.15) is 16.7 Å². The molecule has 1 N–H and O–H groups in total. The van der Waals surface area contributed by atoms with Crippen LogP contribution in [0.2, 0.25) is 0 Å². The lowest BCUT2D eigenvalue weighted by atomic mass is 10.2. The minimum atomic E-state index is 0.645. The Hall–Kier alpha value is -2.29. The third-order valence-corrected chi connectivity index (χ3v) is 2.84. The van der Waals surface area contributed by atoms with Crippen molar-refractivity contribution in [2.45, 2.75) is 13.5 Å². The number of methoxy groups -OCH3 is 1. The Morgan fingerprint density at radius 1 is 1.11 bits per heavy atom. The van der Waals surface area contributed by atoms with Gasteiger partial charge in [0.1, 0.15) is 5.75 Å². The molecule has 2 aromatic rings. The van der Waals surface area contributed by atoms with E-state index in [-0.39, 0.29) is 0 Å². The van der Waals surface area contributed by atoms with Crippen molar-refractivity contribution in [2.24, 2.45) is 5.10 Å². The number of nitrogens with zero attached hydrogens (tertiary/aromatic N) is 1. The maximum Gasteiger partial charge on any atom is 0.123 e. The number of hydrogen-bond acceptors (Lipinski definition) is 3. The van der Waals surface area contributed by atoms with Gasteiger partial charge in [-0.05, 0) is 18.6 Å². The fourth-order valence-electron chi connectivity index (χ4n) is 1.75. The van der Waals surface area contributed by atoms with Gasteiger partial charge in [-0.2, -0.15) is 5.10 Å². The maximum atomic E-state index is 5.28. The van der Waals surface area contributed by atoms with E-state index in [1.807, 2.05) is 42.6 Å². The molecule has 0 heterocycles. The van der Waals surface area contributed by atoms with Gasteiger partial charge in [-0.1, -0.05) is 48.0 Å². The molecule has 3 nitrogen and oxygen atoms in total. The van der Waals surface area contributed by atoms with Gasteiger partial charge >= 0.3 is 0 Å². The van der Waals surface area contributed by atoms with Crippen LogP contribution in [-0.2, 0) is 6.54 Å². The summed E-state index contributed by atoms with van der Waals surface area (Å²) in [6.07, 6.45) is 1.81. The number of para-hydroxylation sites is 1. The summed E-state index contributed by atoms with van der Waals surface area (Å²) in [6.45, 7) is 2.72.